The molecule has 0 aromatic rings. The van der Waals surface area contributed by atoms with Gasteiger partial charge >= 0.3 is 0 Å². The van der Waals surface area contributed by atoms with Crippen LogP contribution >= 0.6 is 0 Å². The summed E-state index contributed by atoms with van der Waals surface area (Å²) in [5, 5.41) is 5.29. The lowest BCUT2D eigenvalue weighted by atomic mass is 9.76. The van der Waals surface area contributed by atoms with E-state index >= 15 is 0 Å². The number of hydrogen-bond acceptors (Lipinski definition) is 3. The summed E-state index contributed by atoms with van der Waals surface area (Å²) >= 11 is 0. The van der Waals surface area contributed by atoms with E-state index in [0.29, 0.717) is 23.5 Å². The maximum atomic E-state index is 12.1. The van der Waals surface area contributed by atoms with Gasteiger partial charge < -0.3 is 10.6 Å². The first kappa shape index (κ1) is 13.5. The summed E-state index contributed by atoms with van der Waals surface area (Å²) in [6.07, 6.45) is 0.864. The van der Waals surface area contributed by atoms with Crippen LogP contribution in [0.2, 0.25) is 0 Å². The van der Waals surface area contributed by atoms with Crippen molar-refractivity contribution >= 4 is 23.6 Å². The number of amides is 3. The van der Waals surface area contributed by atoms with Crippen molar-refractivity contribution in [1.29, 1.82) is 0 Å². The Hall–Kier alpha value is -1.98. The van der Waals surface area contributed by atoms with E-state index in [1.54, 1.807) is 6.92 Å². The zero-order chi connectivity index (χ0) is 14.2. The van der Waals surface area contributed by atoms with Crippen LogP contribution in [0, 0.1) is 5.41 Å². The van der Waals surface area contributed by atoms with Crippen molar-refractivity contribution in [3.05, 3.63) is 11.3 Å². The third-order valence-electron chi connectivity index (χ3n) is 3.27. The highest BCUT2D eigenvalue weighted by molar-refractivity contribution is 6.12. The number of nitrogens with one attached hydrogen (secondary N) is 2. The molecule has 2 N–H and O–H groups in total. The molecule has 0 bridgehead atoms. The second-order valence-electron chi connectivity index (χ2n) is 5.40. The van der Waals surface area contributed by atoms with E-state index in [0.717, 1.165) is 0 Å². The third-order valence-corrected chi connectivity index (χ3v) is 3.27. The molecule has 0 spiro atoms. The van der Waals surface area contributed by atoms with Crippen molar-refractivity contribution < 1.29 is 14.4 Å². The van der Waals surface area contributed by atoms with Crippen molar-refractivity contribution in [3.63, 3.8) is 0 Å². The number of amidine groups is 1. The Bertz CT molecular complexity index is 529. The standard InChI is InChI=1S/C13H17N3O3/c1-4-9(17)15-8-5-7-11(12(19)16-8)13(2,3)6-10(18)14-7/h4-6H2,1-3H3,(H,14,18)(H,15,16,17,19). The van der Waals surface area contributed by atoms with Gasteiger partial charge in [0.1, 0.15) is 5.84 Å². The second kappa shape index (κ2) is 4.60. The van der Waals surface area contributed by atoms with Gasteiger partial charge in [0.25, 0.3) is 5.91 Å². The van der Waals surface area contributed by atoms with E-state index in [-0.39, 0.29) is 30.6 Å². The lowest BCUT2D eigenvalue weighted by Gasteiger charge is -2.35. The van der Waals surface area contributed by atoms with Gasteiger partial charge in [0.05, 0.1) is 0 Å². The highest BCUT2D eigenvalue weighted by atomic mass is 16.2. The second-order valence-corrected chi connectivity index (χ2v) is 5.40. The highest BCUT2D eigenvalue weighted by Crippen LogP contribution is 2.38. The Morgan fingerprint density at radius 3 is 2.74 bits per heavy atom. The number of carbonyl (C=O) groups excluding carboxylic acids is 3. The maximum Gasteiger partial charge on any atom is 0.276 e. The summed E-state index contributed by atoms with van der Waals surface area (Å²) in [6, 6.07) is 0. The third kappa shape index (κ3) is 2.57. The van der Waals surface area contributed by atoms with Crippen molar-refractivity contribution in [2.75, 3.05) is 0 Å². The van der Waals surface area contributed by atoms with Crippen LogP contribution in [0.3, 0.4) is 0 Å². The average molecular weight is 263 g/mol. The van der Waals surface area contributed by atoms with Crippen LogP contribution in [0.1, 0.15) is 40.0 Å². The molecule has 6 nitrogen and oxygen atoms in total. The molecule has 6 heteroatoms. The van der Waals surface area contributed by atoms with Gasteiger partial charge in [0.15, 0.2) is 0 Å². The van der Waals surface area contributed by atoms with E-state index < -0.39 is 5.41 Å². The van der Waals surface area contributed by atoms with Crippen LogP contribution in [0.4, 0.5) is 0 Å². The topological polar surface area (TPSA) is 87.6 Å². The molecule has 2 aliphatic rings. The molecule has 19 heavy (non-hydrogen) atoms. The summed E-state index contributed by atoms with van der Waals surface area (Å²) in [7, 11) is 0. The Morgan fingerprint density at radius 2 is 2.11 bits per heavy atom. The van der Waals surface area contributed by atoms with Crippen LogP contribution in [0.15, 0.2) is 16.3 Å². The van der Waals surface area contributed by atoms with Gasteiger partial charge in [0.2, 0.25) is 11.8 Å². The normalized spacial score (nSPS) is 21.5. The zero-order valence-corrected chi connectivity index (χ0v) is 11.3. The fraction of sp³-hybridized carbons (Fsp3) is 0.538. The molecule has 2 aliphatic heterocycles. The highest BCUT2D eigenvalue weighted by Gasteiger charge is 2.40. The van der Waals surface area contributed by atoms with Crippen molar-refractivity contribution in [2.24, 2.45) is 10.4 Å². The number of hydrogen-bond donors (Lipinski definition) is 2. The summed E-state index contributed by atoms with van der Waals surface area (Å²) in [5.41, 5.74) is 0.590. The van der Waals surface area contributed by atoms with E-state index in [1.165, 1.54) is 0 Å². The number of rotatable bonds is 1. The lowest BCUT2D eigenvalue weighted by Crippen LogP contribution is -2.44. The molecule has 2 rings (SSSR count). The van der Waals surface area contributed by atoms with Gasteiger partial charge in [-0.2, -0.15) is 4.99 Å². The maximum absolute atomic E-state index is 12.1. The molecule has 0 aromatic carbocycles. The summed E-state index contributed by atoms with van der Waals surface area (Å²) in [5.74, 6) is -0.386. The fourth-order valence-corrected chi connectivity index (χ4v) is 2.43. The minimum atomic E-state index is -0.515. The van der Waals surface area contributed by atoms with E-state index in [2.05, 4.69) is 15.6 Å². The van der Waals surface area contributed by atoms with Crippen LogP contribution in [-0.2, 0) is 14.4 Å². The Labute approximate surface area is 111 Å². The van der Waals surface area contributed by atoms with E-state index in [9.17, 15) is 14.4 Å². The van der Waals surface area contributed by atoms with Crippen LogP contribution in [-0.4, -0.2) is 23.6 Å². The molecule has 102 valence electrons. The molecule has 0 aliphatic carbocycles. The van der Waals surface area contributed by atoms with Gasteiger partial charge in [-0.05, 0) is 0 Å². The van der Waals surface area contributed by atoms with Crippen LogP contribution in [0.25, 0.3) is 0 Å². The predicted octanol–water partition coefficient (Wildman–Crippen LogP) is 0.642. The van der Waals surface area contributed by atoms with Gasteiger partial charge in [-0.1, -0.05) is 20.8 Å². The first-order chi connectivity index (χ1) is 8.83. The largest absolute Gasteiger partial charge is 0.329 e. The molecule has 2 heterocycles. The van der Waals surface area contributed by atoms with Crippen LogP contribution in [0.5, 0.6) is 0 Å². The van der Waals surface area contributed by atoms with Crippen molar-refractivity contribution in [2.45, 2.75) is 40.0 Å². The molecule has 0 aromatic heterocycles. The molecule has 0 saturated heterocycles. The number of aliphatic imine (C=N–C) groups is 1. The quantitative estimate of drug-likeness (QED) is 0.727. The Kier molecular flexibility index (Phi) is 3.26. The minimum Gasteiger partial charge on any atom is -0.329 e. The van der Waals surface area contributed by atoms with Gasteiger partial charge in [-0.25, -0.2) is 0 Å². The smallest absolute Gasteiger partial charge is 0.276 e. The molecule has 0 unspecified atom stereocenters. The molecule has 0 fully saturated rings. The molecule has 0 radical (unpaired) electrons. The SMILES string of the molecule is CCC(=O)NC1=NC(=O)C2=C(C1)NC(=O)CC2(C)C. The van der Waals surface area contributed by atoms with Crippen molar-refractivity contribution in [3.8, 4) is 0 Å². The van der Waals surface area contributed by atoms with Gasteiger partial charge in [-0.3, -0.25) is 14.4 Å². The van der Waals surface area contributed by atoms with Gasteiger partial charge in [0, 0.05) is 35.9 Å². The Balaban J connectivity index is 2.28. The first-order valence-corrected chi connectivity index (χ1v) is 6.28. The van der Waals surface area contributed by atoms with Gasteiger partial charge in [-0.15, -0.1) is 0 Å². The fourth-order valence-electron chi connectivity index (χ4n) is 2.43. The summed E-state index contributed by atoms with van der Waals surface area (Å²) in [6.45, 7) is 5.42. The molecular weight excluding hydrogens is 246 g/mol. The molecule has 0 atom stereocenters. The first-order valence-electron chi connectivity index (χ1n) is 6.28. The monoisotopic (exact) mass is 263 g/mol. The zero-order valence-electron chi connectivity index (χ0n) is 11.3. The summed E-state index contributed by atoms with van der Waals surface area (Å²) in [4.78, 5) is 39.0. The Morgan fingerprint density at radius 1 is 1.42 bits per heavy atom. The minimum absolute atomic E-state index is 0.111. The molecule has 3 amide bonds. The molecular formula is C13H17N3O3. The lowest BCUT2D eigenvalue weighted by molar-refractivity contribution is -0.123. The van der Waals surface area contributed by atoms with E-state index in [1.807, 2.05) is 13.8 Å². The predicted molar refractivity (Wildman–Crippen MR) is 69.1 cm³/mol. The van der Waals surface area contributed by atoms with E-state index in [4.69, 9.17) is 0 Å². The number of carbonyl (C=O) groups is 3. The van der Waals surface area contributed by atoms with Crippen LogP contribution < -0.4 is 10.6 Å². The average Bonchev–Trinajstić information content (AvgIpc) is 2.25. The summed E-state index contributed by atoms with van der Waals surface area (Å²) < 4.78 is 0. The molecule has 0 saturated carbocycles. The number of nitrogens with zero attached hydrogens (tertiary/aromatic N) is 1. The number of dihydropyridines is 1. The van der Waals surface area contributed by atoms with Crippen molar-refractivity contribution in [1.82, 2.24) is 10.6 Å².